The van der Waals surface area contributed by atoms with Gasteiger partial charge in [-0.25, -0.2) is 4.79 Å². The Labute approximate surface area is 155 Å². The fraction of sp³-hybridized carbons (Fsp3) is 0.600. The number of amides is 3. The van der Waals surface area contributed by atoms with Gasteiger partial charge in [0.05, 0.1) is 5.54 Å². The molecule has 3 rings (SSSR count). The lowest BCUT2D eigenvalue weighted by Gasteiger charge is -2.42. The Balaban J connectivity index is 1.92. The maximum Gasteiger partial charge on any atom is 0.321 e. The number of primary amides is 1. The van der Waals surface area contributed by atoms with E-state index in [1.165, 1.54) is 24.8 Å². The van der Waals surface area contributed by atoms with Crippen LogP contribution in [-0.2, 0) is 11.2 Å². The van der Waals surface area contributed by atoms with E-state index in [-0.39, 0.29) is 18.1 Å². The van der Waals surface area contributed by atoms with Crippen molar-refractivity contribution in [1.82, 2.24) is 14.7 Å². The van der Waals surface area contributed by atoms with Crippen LogP contribution < -0.4 is 5.73 Å². The van der Waals surface area contributed by atoms with Gasteiger partial charge in [-0.1, -0.05) is 36.8 Å². The molecule has 3 amide bonds. The number of nitrogens with zero attached hydrogens (tertiary/aromatic N) is 3. The van der Waals surface area contributed by atoms with Crippen molar-refractivity contribution >= 4 is 11.9 Å². The Morgan fingerprint density at radius 2 is 1.96 bits per heavy atom. The molecule has 1 aromatic rings. The Morgan fingerprint density at radius 1 is 1.27 bits per heavy atom. The number of hydrogen-bond donors (Lipinski definition) is 1. The van der Waals surface area contributed by atoms with E-state index < -0.39 is 5.91 Å². The van der Waals surface area contributed by atoms with Gasteiger partial charge in [0, 0.05) is 19.6 Å². The first-order chi connectivity index (χ1) is 12.4. The molecule has 1 aromatic carbocycles. The number of nitrogens with two attached hydrogens (primary N) is 1. The maximum atomic E-state index is 13.1. The second kappa shape index (κ2) is 7.66. The molecule has 1 atom stereocenters. The Kier molecular flexibility index (Phi) is 5.51. The predicted molar refractivity (Wildman–Crippen MR) is 102 cm³/mol. The lowest BCUT2D eigenvalue weighted by Crippen LogP contribution is -2.56. The van der Waals surface area contributed by atoms with E-state index in [1.807, 2.05) is 37.2 Å². The number of hydrogen-bond acceptors (Lipinski definition) is 3. The van der Waals surface area contributed by atoms with Crippen LogP contribution in [0.3, 0.4) is 0 Å². The molecule has 1 saturated heterocycles. The number of benzene rings is 1. The average Bonchev–Trinajstić information content (AvgIpc) is 2.74. The van der Waals surface area contributed by atoms with Crippen molar-refractivity contribution in [2.45, 2.75) is 31.2 Å². The van der Waals surface area contributed by atoms with E-state index in [4.69, 9.17) is 5.73 Å². The van der Waals surface area contributed by atoms with Gasteiger partial charge in [0.1, 0.15) is 6.54 Å². The van der Waals surface area contributed by atoms with Gasteiger partial charge in [-0.3, -0.25) is 4.79 Å². The van der Waals surface area contributed by atoms with Crippen molar-refractivity contribution in [2.75, 3.05) is 40.3 Å². The number of likely N-dealkylation sites (N-methyl/N-ethyl adjacent to an activating group) is 1. The zero-order chi connectivity index (χ0) is 18.7. The summed E-state index contributed by atoms with van der Waals surface area (Å²) in [5.74, 6) is 0.118. The summed E-state index contributed by atoms with van der Waals surface area (Å²) in [5, 5.41) is 0. The quantitative estimate of drug-likeness (QED) is 0.767. The second-order valence-electron chi connectivity index (χ2n) is 8.14. The van der Waals surface area contributed by atoms with Crippen LogP contribution in [0.15, 0.2) is 30.3 Å². The summed E-state index contributed by atoms with van der Waals surface area (Å²) in [5.41, 5.74) is 6.27. The van der Waals surface area contributed by atoms with E-state index in [9.17, 15) is 9.59 Å². The zero-order valence-corrected chi connectivity index (χ0v) is 15.9. The van der Waals surface area contributed by atoms with Crippen LogP contribution in [0, 0.1) is 5.92 Å². The SMILES string of the molecule is CN(C)C[C@@]1(Cc2ccccc2)CN(CC(N)=O)C(=O)N1CC1CCC1. The van der Waals surface area contributed by atoms with Crippen LogP contribution in [0.25, 0.3) is 0 Å². The van der Waals surface area contributed by atoms with Gasteiger partial charge < -0.3 is 20.4 Å². The first-order valence-corrected chi connectivity index (χ1v) is 9.43. The van der Waals surface area contributed by atoms with Crippen LogP contribution >= 0.6 is 0 Å². The van der Waals surface area contributed by atoms with Crippen molar-refractivity contribution in [1.29, 1.82) is 0 Å². The summed E-state index contributed by atoms with van der Waals surface area (Å²) < 4.78 is 0. The van der Waals surface area contributed by atoms with Gasteiger partial charge in [0.25, 0.3) is 0 Å². The highest BCUT2D eigenvalue weighted by molar-refractivity contribution is 5.85. The van der Waals surface area contributed by atoms with Crippen LogP contribution in [-0.4, -0.2) is 72.5 Å². The molecule has 2 N–H and O–H groups in total. The summed E-state index contributed by atoms with van der Waals surface area (Å²) in [6, 6.07) is 10.3. The highest BCUT2D eigenvalue weighted by atomic mass is 16.2. The molecular formula is C20H30N4O2. The molecule has 0 unspecified atom stereocenters. The molecule has 6 heteroatoms. The third-order valence-corrected chi connectivity index (χ3v) is 5.56. The number of carbonyl (C=O) groups is 2. The summed E-state index contributed by atoms with van der Waals surface area (Å²) in [4.78, 5) is 30.4. The lowest BCUT2D eigenvalue weighted by molar-refractivity contribution is -0.118. The first kappa shape index (κ1) is 18.7. The zero-order valence-electron chi connectivity index (χ0n) is 15.9. The molecule has 1 heterocycles. The van der Waals surface area contributed by atoms with Crippen molar-refractivity contribution < 1.29 is 9.59 Å². The molecule has 0 aromatic heterocycles. The highest BCUT2D eigenvalue weighted by Crippen LogP contribution is 2.36. The van der Waals surface area contributed by atoms with Crippen LogP contribution in [0.1, 0.15) is 24.8 Å². The third-order valence-electron chi connectivity index (χ3n) is 5.56. The number of rotatable bonds is 8. The molecule has 0 radical (unpaired) electrons. The molecule has 2 aliphatic rings. The van der Waals surface area contributed by atoms with Crippen molar-refractivity contribution in [3.05, 3.63) is 35.9 Å². The lowest BCUT2D eigenvalue weighted by atomic mass is 9.82. The Hall–Kier alpha value is -2.08. The largest absolute Gasteiger partial charge is 0.368 e. The van der Waals surface area contributed by atoms with Gasteiger partial charge in [0.2, 0.25) is 5.91 Å². The van der Waals surface area contributed by atoms with E-state index in [2.05, 4.69) is 17.0 Å². The van der Waals surface area contributed by atoms with Gasteiger partial charge in [-0.2, -0.15) is 0 Å². The van der Waals surface area contributed by atoms with E-state index >= 15 is 0 Å². The standard InChI is InChI=1S/C20H30N4O2/c1-22(2)14-20(11-16-7-4-3-5-8-16)15-23(13-18(21)25)19(26)24(20)12-17-9-6-10-17/h3-5,7-8,17H,6,9-15H2,1-2H3,(H2,21,25)/t20-/m0/s1. The highest BCUT2D eigenvalue weighted by Gasteiger charge is 2.50. The monoisotopic (exact) mass is 358 g/mol. The normalized spacial score (nSPS) is 23.6. The molecule has 1 aliphatic carbocycles. The van der Waals surface area contributed by atoms with Crippen LogP contribution in [0.2, 0.25) is 0 Å². The van der Waals surface area contributed by atoms with E-state index in [0.29, 0.717) is 12.5 Å². The third kappa shape index (κ3) is 4.01. The van der Waals surface area contributed by atoms with Crippen molar-refractivity contribution in [2.24, 2.45) is 11.7 Å². The van der Waals surface area contributed by atoms with E-state index in [0.717, 1.165) is 19.5 Å². The minimum absolute atomic E-state index is 0.00995. The topological polar surface area (TPSA) is 69.9 Å². The maximum absolute atomic E-state index is 13.1. The summed E-state index contributed by atoms with van der Waals surface area (Å²) in [6.07, 6.45) is 4.39. The fourth-order valence-corrected chi connectivity index (χ4v) is 4.31. The first-order valence-electron chi connectivity index (χ1n) is 9.43. The number of urea groups is 1. The molecule has 1 saturated carbocycles. The van der Waals surface area contributed by atoms with Gasteiger partial charge >= 0.3 is 6.03 Å². The molecule has 2 fully saturated rings. The van der Waals surface area contributed by atoms with Crippen LogP contribution in [0.4, 0.5) is 4.79 Å². The summed E-state index contributed by atoms with van der Waals surface area (Å²) in [6.45, 7) is 2.06. The van der Waals surface area contributed by atoms with E-state index in [1.54, 1.807) is 4.90 Å². The second-order valence-corrected chi connectivity index (χ2v) is 8.14. The minimum Gasteiger partial charge on any atom is -0.368 e. The Morgan fingerprint density at radius 3 is 2.50 bits per heavy atom. The van der Waals surface area contributed by atoms with Gasteiger partial charge in [-0.15, -0.1) is 0 Å². The average molecular weight is 358 g/mol. The molecule has 0 bridgehead atoms. The molecule has 6 nitrogen and oxygen atoms in total. The fourth-order valence-electron chi connectivity index (χ4n) is 4.31. The minimum atomic E-state index is -0.456. The van der Waals surface area contributed by atoms with Crippen molar-refractivity contribution in [3.63, 3.8) is 0 Å². The van der Waals surface area contributed by atoms with Gasteiger partial charge in [-0.05, 0) is 44.8 Å². The smallest absolute Gasteiger partial charge is 0.321 e. The van der Waals surface area contributed by atoms with Crippen molar-refractivity contribution in [3.8, 4) is 0 Å². The van der Waals surface area contributed by atoms with Crippen LogP contribution in [0.5, 0.6) is 0 Å². The molecule has 26 heavy (non-hydrogen) atoms. The molecule has 1 aliphatic heterocycles. The number of carbonyl (C=O) groups excluding carboxylic acids is 2. The van der Waals surface area contributed by atoms with Gasteiger partial charge in [0.15, 0.2) is 0 Å². The molecule has 142 valence electrons. The molecular weight excluding hydrogens is 328 g/mol. The Bertz CT molecular complexity index is 644. The predicted octanol–water partition coefficient (Wildman–Crippen LogP) is 1.55. The molecule has 0 spiro atoms. The summed E-state index contributed by atoms with van der Waals surface area (Å²) in [7, 11) is 4.07. The summed E-state index contributed by atoms with van der Waals surface area (Å²) >= 11 is 0.